The predicted octanol–water partition coefficient (Wildman–Crippen LogP) is 7.43. The van der Waals surface area contributed by atoms with Crippen LogP contribution in [0, 0.1) is 4.91 Å². The lowest BCUT2D eigenvalue weighted by Crippen LogP contribution is -2.02. The fourth-order valence-electron chi connectivity index (χ4n) is 2.75. The topological polar surface area (TPSA) is 76.0 Å². The number of rotatable bonds is 18. The van der Waals surface area contributed by atoms with Crippen molar-refractivity contribution in [3.8, 4) is 0 Å². The van der Waals surface area contributed by atoms with Gasteiger partial charge in [0.2, 0.25) is 0 Å². The zero-order chi connectivity index (χ0) is 19.9. The normalized spacial score (nSPS) is 11.3. The van der Waals surface area contributed by atoms with Crippen LogP contribution < -0.4 is 0 Å². The molecule has 1 N–H and O–H groups in total. The first-order chi connectivity index (χ1) is 12.6. The van der Waals surface area contributed by atoms with E-state index in [4.69, 9.17) is 5.11 Å². The molecule has 0 saturated heterocycles. The van der Waals surface area contributed by atoms with E-state index in [1.165, 1.54) is 70.6 Å². The van der Waals surface area contributed by atoms with Crippen LogP contribution in [0.1, 0.15) is 124 Å². The first-order valence-electron chi connectivity index (χ1n) is 10.8. The Hall–Kier alpha value is -1.13. The lowest BCUT2D eigenvalue weighted by Gasteiger charge is -2.05. The van der Waals surface area contributed by atoms with Crippen molar-refractivity contribution in [3.63, 3.8) is 0 Å². The molecule has 0 aliphatic heterocycles. The molecule has 0 bridgehead atoms. The summed E-state index contributed by atoms with van der Waals surface area (Å²) in [4.78, 5) is 24.4. The second-order valence-electron chi connectivity index (χ2n) is 7.17. The smallest absolute Gasteiger partial charge is 0.303 e. The molecule has 0 spiro atoms. The summed E-state index contributed by atoms with van der Waals surface area (Å²) < 4.78 is 0. The van der Waals surface area contributed by atoms with Crippen molar-refractivity contribution in [3.05, 3.63) is 4.91 Å². The Labute approximate surface area is 161 Å². The van der Waals surface area contributed by atoms with Crippen LogP contribution >= 0.6 is 0 Å². The molecule has 156 valence electrons. The fourth-order valence-corrected chi connectivity index (χ4v) is 2.75. The molecule has 0 aromatic carbocycles. The van der Waals surface area contributed by atoms with E-state index in [0.717, 1.165) is 25.7 Å². The molecule has 0 fully saturated rings. The maximum atomic E-state index is 10.2. The SMILES string of the molecule is CCCCCCC(C)ON=O.CCCCCCCCCCCCC(=O)O. The molecule has 0 heterocycles. The van der Waals surface area contributed by atoms with Gasteiger partial charge in [-0.25, -0.2) is 0 Å². The maximum absolute atomic E-state index is 10.2. The molecule has 1 atom stereocenters. The highest BCUT2D eigenvalue weighted by Crippen LogP contribution is 2.11. The predicted molar refractivity (Wildman–Crippen MR) is 109 cm³/mol. The molecule has 0 aliphatic rings. The van der Waals surface area contributed by atoms with Crippen molar-refractivity contribution in [1.82, 2.24) is 0 Å². The summed E-state index contributed by atoms with van der Waals surface area (Å²) in [7, 11) is 0. The Morgan fingerprint density at radius 1 is 0.808 bits per heavy atom. The van der Waals surface area contributed by atoms with E-state index in [1.54, 1.807) is 0 Å². The van der Waals surface area contributed by atoms with E-state index in [1.807, 2.05) is 6.92 Å². The van der Waals surface area contributed by atoms with Crippen molar-refractivity contribution in [1.29, 1.82) is 0 Å². The highest BCUT2D eigenvalue weighted by molar-refractivity contribution is 5.66. The van der Waals surface area contributed by atoms with Gasteiger partial charge in [-0.3, -0.25) is 4.79 Å². The molecular weight excluding hydrogens is 330 g/mol. The quantitative estimate of drug-likeness (QED) is 0.154. The van der Waals surface area contributed by atoms with Crippen LogP contribution in [-0.2, 0) is 9.63 Å². The van der Waals surface area contributed by atoms with Crippen LogP contribution in [0.3, 0.4) is 0 Å². The summed E-state index contributed by atoms with van der Waals surface area (Å²) >= 11 is 0. The zero-order valence-corrected chi connectivity index (χ0v) is 17.5. The van der Waals surface area contributed by atoms with Gasteiger partial charge in [-0.1, -0.05) is 90.9 Å². The molecule has 0 radical (unpaired) electrons. The van der Waals surface area contributed by atoms with Gasteiger partial charge < -0.3 is 9.94 Å². The average Bonchev–Trinajstić information content (AvgIpc) is 2.61. The van der Waals surface area contributed by atoms with Gasteiger partial charge in [-0.2, -0.15) is 0 Å². The number of carboxylic acids is 1. The van der Waals surface area contributed by atoms with Crippen LogP contribution in [0.25, 0.3) is 0 Å². The van der Waals surface area contributed by atoms with Gasteiger partial charge in [0.1, 0.15) is 6.10 Å². The van der Waals surface area contributed by atoms with Gasteiger partial charge in [0.15, 0.2) is 5.34 Å². The molecule has 5 heteroatoms. The summed E-state index contributed by atoms with van der Waals surface area (Å²) in [6.07, 6.45) is 18.7. The summed E-state index contributed by atoms with van der Waals surface area (Å²) in [5.74, 6) is -0.658. The van der Waals surface area contributed by atoms with Crippen LogP contribution in [0.5, 0.6) is 0 Å². The number of nitrogens with zero attached hydrogens (tertiary/aromatic N) is 1. The maximum Gasteiger partial charge on any atom is 0.303 e. The molecule has 0 aromatic heterocycles. The van der Waals surface area contributed by atoms with Gasteiger partial charge in [-0.15, -0.1) is 4.91 Å². The van der Waals surface area contributed by atoms with Gasteiger partial charge in [0, 0.05) is 6.42 Å². The molecule has 0 aromatic rings. The van der Waals surface area contributed by atoms with Crippen LogP contribution in [0.15, 0.2) is 5.34 Å². The van der Waals surface area contributed by atoms with Crippen LogP contribution in [0.4, 0.5) is 0 Å². The zero-order valence-electron chi connectivity index (χ0n) is 17.5. The minimum atomic E-state index is -0.658. The molecule has 0 rings (SSSR count). The standard InChI is InChI=1S/C13H26O2.C8H17NO2/c1-2-3-4-5-6-7-8-9-10-11-12-13(14)15;1-3-4-5-6-7-8(2)11-9-10/h2-12H2,1H3,(H,14,15);8H,3-7H2,1-2H3. The van der Waals surface area contributed by atoms with Gasteiger partial charge >= 0.3 is 5.97 Å². The molecular formula is C21H43NO4. The molecule has 26 heavy (non-hydrogen) atoms. The summed E-state index contributed by atoms with van der Waals surface area (Å²) in [5, 5.41) is 10.8. The van der Waals surface area contributed by atoms with E-state index in [9.17, 15) is 9.70 Å². The average molecular weight is 374 g/mol. The number of carbonyl (C=O) groups is 1. The van der Waals surface area contributed by atoms with E-state index >= 15 is 0 Å². The molecule has 0 amide bonds. The minimum Gasteiger partial charge on any atom is -0.481 e. The second-order valence-corrected chi connectivity index (χ2v) is 7.17. The van der Waals surface area contributed by atoms with Crippen molar-refractivity contribution < 1.29 is 14.7 Å². The molecule has 0 saturated carbocycles. The highest BCUT2D eigenvalue weighted by atomic mass is 16.7. The molecule has 0 aliphatic carbocycles. The molecule has 5 nitrogen and oxygen atoms in total. The fraction of sp³-hybridized carbons (Fsp3) is 0.952. The van der Waals surface area contributed by atoms with Crippen molar-refractivity contribution >= 4 is 5.97 Å². The van der Waals surface area contributed by atoms with Crippen molar-refractivity contribution in [2.24, 2.45) is 5.34 Å². The minimum absolute atomic E-state index is 0.00986. The Morgan fingerprint density at radius 3 is 1.65 bits per heavy atom. The number of hydrogen-bond donors (Lipinski definition) is 1. The van der Waals surface area contributed by atoms with Gasteiger partial charge in [0.25, 0.3) is 0 Å². The Morgan fingerprint density at radius 2 is 1.23 bits per heavy atom. The number of hydrogen-bond acceptors (Lipinski definition) is 4. The third-order valence-electron chi connectivity index (χ3n) is 4.43. The monoisotopic (exact) mass is 373 g/mol. The summed E-state index contributed by atoms with van der Waals surface area (Å²) in [6.45, 7) is 6.28. The summed E-state index contributed by atoms with van der Waals surface area (Å²) in [5.41, 5.74) is 0. The Balaban J connectivity index is 0. The Kier molecular flexibility index (Phi) is 24.9. The second kappa shape index (κ2) is 23.9. The van der Waals surface area contributed by atoms with E-state index < -0.39 is 5.97 Å². The van der Waals surface area contributed by atoms with Gasteiger partial charge in [-0.05, 0) is 26.2 Å². The number of unbranched alkanes of at least 4 members (excludes halogenated alkanes) is 12. The third-order valence-corrected chi connectivity index (χ3v) is 4.43. The van der Waals surface area contributed by atoms with Gasteiger partial charge in [0.05, 0.1) is 0 Å². The molecule has 1 unspecified atom stereocenters. The van der Waals surface area contributed by atoms with Crippen molar-refractivity contribution in [2.45, 2.75) is 130 Å². The lowest BCUT2D eigenvalue weighted by molar-refractivity contribution is -0.137. The van der Waals surface area contributed by atoms with E-state index in [0.29, 0.717) is 6.42 Å². The van der Waals surface area contributed by atoms with E-state index in [2.05, 4.69) is 24.0 Å². The van der Waals surface area contributed by atoms with Crippen LogP contribution in [-0.4, -0.2) is 17.2 Å². The van der Waals surface area contributed by atoms with Crippen LogP contribution in [0.2, 0.25) is 0 Å². The largest absolute Gasteiger partial charge is 0.481 e. The third kappa shape index (κ3) is 27.7. The first kappa shape index (κ1) is 27.1. The highest BCUT2D eigenvalue weighted by Gasteiger charge is 2.01. The Bertz CT molecular complexity index is 298. The van der Waals surface area contributed by atoms with E-state index in [-0.39, 0.29) is 6.10 Å². The number of aliphatic carboxylic acids is 1. The summed E-state index contributed by atoms with van der Waals surface area (Å²) in [6, 6.07) is 0. The lowest BCUT2D eigenvalue weighted by atomic mass is 10.1. The number of carboxylic acid groups (broad SMARTS) is 1. The first-order valence-corrected chi connectivity index (χ1v) is 10.8. The van der Waals surface area contributed by atoms with Crippen molar-refractivity contribution in [2.75, 3.05) is 0 Å².